The fourth-order valence-corrected chi connectivity index (χ4v) is 1.61. The van der Waals surface area contributed by atoms with Gasteiger partial charge in [0.1, 0.15) is 0 Å². The first kappa shape index (κ1) is 13.0. The molecular weight excluding hydrogens is 194 g/mol. The van der Waals surface area contributed by atoms with Crippen LogP contribution in [0.4, 0.5) is 0 Å². The lowest BCUT2D eigenvalue weighted by atomic mass is 10.2. The van der Waals surface area contributed by atoms with E-state index in [0.717, 1.165) is 13.1 Å². The van der Waals surface area contributed by atoms with Crippen LogP contribution in [0.2, 0.25) is 0 Å². The Morgan fingerprint density at radius 1 is 1.06 bits per heavy atom. The summed E-state index contributed by atoms with van der Waals surface area (Å²) in [6.45, 7) is 4.17. The molecule has 0 fully saturated rings. The molecule has 0 radical (unpaired) electrons. The van der Waals surface area contributed by atoms with E-state index < -0.39 is 0 Å². The van der Waals surface area contributed by atoms with Gasteiger partial charge in [0, 0.05) is 13.1 Å². The van der Waals surface area contributed by atoms with Crippen LogP contribution in [0.25, 0.3) is 0 Å². The molecule has 1 aromatic rings. The molecule has 1 N–H and O–H groups in total. The first-order valence-corrected chi connectivity index (χ1v) is 6.33. The molecule has 16 heavy (non-hydrogen) atoms. The number of hydrogen-bond donors (Lipinski definition) is 1. The molecule has 1 rings (SSSR count). The lowest BCUT2D eigenvalue weighted by Crippen LogP contribution is -2.12. The van der Waals surface area contributed by atoms with Crippen LogP contribution in [0, 0.1) is 0 Å². The molecule has 0 saturated heterocycles. The van der Waals surface area contributed by atoms with E-state index in [1.165, 1.54) is 31.2 Å². The summed E-state index contributed by atoms with van der Waals surface area (Å²) < 4.78 is 0. The van der Waals surface area contributed by atoms with Crippen LogP contribution in [0.5, 0.6) is 0 Å². The Morgan fingerprint density at radius 3 is 2.62 bits per heavy atom. The van der Waals surface area contributed by atoms with Crippen LogP contribution in [0.1, 0.15) is 38.2 Å². The molecule has 88 valence electrons. The van der Waals surface area contributed by atoms with Gasteiger partial charge in [-0.25, -0.2) is 0 Å². The first-order valence-electron chi connectivity index (χ1n) is 6.33. The third kappa shape index (κ3) is 6.41. The second-order valence-electron chi connectivity index (χ2n) is 4.08. The average molecular weight is 217 g/mol. The summed E-state index contributed by atoms with van der Waals surface area (Å²) in [5, 5.41) is 3.41. The summed E-state index contributed by atoms with van der Waals surface area (Å²) in [7, 11) is 0. The molecule has 1 nitrogen and oxygen atoms in total. The second kappa shape index (κ2) is 9.17. The van der Waals surface area contributed by atoms with Crippen LogP contribution < -0.4 is 5.32 Å². The van der Waals surface area contributed by atoms with Crippen LogP contribution in [-0.4, -0.2) is 6.54 Å². The summed E-state index contributed by atoms with van der Waals surface area (Å²) in [6.07, 6.45) is 9.72. The van der Waals surface area contributed by atoms with Crippen molar-refractivity contribution in [2.75, 3.05) is 6.54 Å². The Bertz CT molecular complexity index is 277. The Hall–Kier alpha value is -1.08. The van der Waals surface area contributed by atoms with Gasteiger partial charge in [0.25, 0.3) is 0 Å². The van der Waals surface area contributed by atoms with Crippen molar-refractivity contribution in [2.24, 2.45) is 0 Å². The van der Waals surface area contributed by atoms with Gasteiger partial charge in [-0.15, -0.1) is 0 Å². The van der Waals surface area contributed by atoms with E-state index in [0.29, 0.717) is 0 Å². The number of unbranched alkanes of at least 4 members (excludes halogenated alkanes) is 3. The fraction of sp³-hybridized carbons (Fsp3) is 0.467. The van der Waals surface area contributed by atoms with Crippen LogP contribution in [0.3, 0.4) is 0 Å². The van der Waals surface area contributed by atoms with Gasteiger partial charge in [-0.2, -0.15) is 0 Å². The molecule has 1 heteroatoms. The quantitative estimate of drug-likeness (QED) is 0.514. The molecule has 0 spiro atoms. The van der Waals surface area contributed by atoms with E-state index in [4.69, 9.17) is 0 Å². The van der Waals surface area contributed by atoms with Crippen molar-refractivity contribution in [2.45, 2.75) is 39.2 Å². The van der Waals surface area contributed by atoms with E-state index in [-0.39, 0.29) is 0 Å². The Kier molecular flexibility index (Phi) is 7.44. The fourth-order valence-electron chi connectivity index (χ4n) is 1.61. The zero-order valence-electron chi connectivity index (χ0n) is 10.3. The van der Waals surface area contributed by atoms with Gasteiger partial charge in [0.05, 0.1) is 0 Å². The SMILES string of the molecule is CCCCC/C=C/CNCc1ccccc1. The number of benzene rings is 1. The minimum absolute atomic E-state index is 0.958. The van der Waals surface area contributed by atoms with E-state index in [1.807, 2.05) is 0 Å². The molecule has 0 aliphatic rings. The number of nitrogens with one attached hydrogen (secondary N) is 1. The van der Waals surface area contributed by atoms with Gasteiger partial charge < -0.3 is 5.32 Å². The molecule has 0 heterocycles. The summed E-state index contributed by atoms with van der Waals surface area (Å²) in [5.74, 6) is 0. The maximum absolute atomic E-state index is 3.41. The average Bonchev–Trinajstić information content (AvgIpc) is 2.34. The largest absolute Gasteiger partial charge is 0.309 e. The molecule has 0 aromatic heterocycles. The minimum Gasteiger partial charge on any atom is -0.309 e. The lowest BCUT2D eigenvalue weighted by molar-refractivity contribution is 0.723. The highest BCUT2D eigenvalue weighted by atomic mass is 14.8. The maximum Gasteiger partial charge on any atom is 0.0208 e. The number of rotatable bonds is 8. The highest BCUT2D eigenvalue weighted by Gasteiger charge is 1.87. The highest BCUT2D eigenvalue weighted by molar-refractivity contribution is 5.14. The molecule has 0 saturated carbocycles. The molecule has 0 amide bonds. The lowest BCUT2D eigenvalue weighted by Gasteiger charge is -2.01. The zero-order valence-corrected chi connectivity index (χ0v) is 10.3. The van der Waals surface area contributed by atoms with Gasteiger partial charge in [0.15, 0.2) is 0 Å². The third-order valence-corrected chi connectivity index (χ3v) is 2.58. The van der Waals surface area contributed by atoms with Crippen LogP contribution in [-0.2, 0) is 6.54 Å². The molecule has 0 bridgehead atoms. The van der Waals surface area contributed by atoms with Crippen molar-refractivity contribution in [1.82, 2.24) is 5.32 Å². The van der Waals surface area contributed by atoms with Crippen LogP contribution >= 0.6 is 0 Å². The normalized spacial score (nSPS) is 11.1. The molecule has 0 atom stereocenters. The van der Waals surface area contributed by atoms with E-state index >= 15 is 0 Å². The highest BCUT2D eigenvalue weighted by Crippen LogP contribution is 1.99. The summed E-state index contributed by atoms with van der Waals surface area (Å²) in [4.78, 5) is 0. The first-order chi connectivity index (χ1) is 7.93. The standard InChI is InChI=1S/C15H23N/c1-2-3-4-5-6-10-13-16-14-15-11-8-7-9-12-15/h6-12,16H,2-5,13-14H2,1H3/b10-6+. The van der Waals surface area contributed by atoms with Gasteiger partial charge in [-0.1, -0.05) is 62.2 Å². The van der Waals surface area contributed by atoms with Gasteiger partial charge in [0.2, 0.25) is 0 Å². The van der Waals surface area contributed by atoms with Gasteiger partial charge in [-0.05, 0) is 18.4 Å². The van der Waals surface area contributed by atoms with Crippen molar-refractivity contribution in [3.8, 4) is 0 Å². The second-order valence-corrected chi connectivity index (χ2v) is 4.08. The summed E-state index contributed by atoms with van der Waals surface area (Å²) >= 11 is 0. The van der Waals surface area contributed by atoms with Crippen molar-refractivity contribution < 1.29 is 0 Å². The monoisotopic (exact) mass is 217 g/mol. The number of hydrogen-bond acceptors (Lipinski definition) is 1. The van der Waals surface area contributed by atoms with Crippen molar-refractivity contribution in [1.29, 1.82) is 0 Å². The van der Waals surface area contributed by atoms with E-state index in [2.05, 4.69) is 54.7 Å². The van der Waals surface area contributed by atoms with Crippen molar-refractivity contribution in [3.63, 3.8) is 0 Å². The maximum atomic E-state index is 3.41. The predicted molar refractivity (Wildman–Crippen MR) is 71.4 cm³/mol. The van der Waals surface area contributed by atoms with Gasteiger partial charge in [-0.3, -0.25) is 0 Å². The van der Waals surface area contributed by atoms with E-state index in [1.54, 1.807) is 0 Å². The molecule has 0 unspecified atom stereocenters. The Balaban J connectivity index is 1.99. The van der Waals surface area contributed by atoms with Crippen LogP contribution in [0.15, 0.2) is 42.5 Å². The predicted octanol–water partition coefficient (Wildman–Crippen LogP) is 3.91. The molecule has 0 aliphatic heterocycles. The van der Waals surface area contributed by atoms with Crippen molar-refractivity contribution >= 4 is 0 Å². The van der Waals surface area contributed by atoms with Crippen molar-refractivity contribution in [3.05, 3.63) is 48.0 Å². The summed E-state index contributed by atoms with van der Waals surface area (Å²) in [6, 6.07) is 10.5. The third-order valence-electron chi connectivity index (χ3n) is 2.58. The number of allylic oxidation sites excluding steroid dienone is 1. The van der Waals surface area contributed by atoms with Gasteiger partial charge >= 0.3 is 0 Å². The minimum atomic E-state index is 0.958. The zero-order chi connectivity index (χ0) is 11.5. The smallest absolute Gasteiger partial charge is 0.0208 e. The Morgan fingerprint density at radius 2 is 1.88 bits per heavy atom. The topological polar surface area (TPSA) is 12.0 Å². The van der Waals surface area contributed by atoms with E-state index in [9.17, 15) is 0 Å². The summed E-state index contributed by atoms with van der Waals surface area (Å²) in [5.41, 5.74) is 1.35. The molecule has 1 aromatic carbocycles. The Labute approximate surface area is 99.6 Å². The molecular formula is C15H23N. The molecule has 0 aliphatic carbocycles.